The normalized spacial score (nSPS) is 20.1. The van der Waals surface area contributed by atoms with Gasteiger partial charge in [-0.1, -0.05) is 0 Å². The summed E-state index contributed by atoms with van der Waals surface area (Å²) in [6, 6.07) is -2.57. The number of carbonyl (C=O) groups excluding carboxylic acids is 3. The molecule has 11 heteroatoms. The van der Waals surface area contributed by atoms with Gasteiger partial charge >= 0.3 is 12.0 Å². The lowest BCUT2D eigenvalue weighted by Crippen LogP contribution is -2.64. The fourth-order valence-electron chi connectivity index (χ4n) is 2.40. The molecular weight excluding hydrogens is 352 g/mol. The molecule has 10 nitrogen and oxygen atoms in total. The highest BCUT2D eigenvalue weighted by molar-refractivity contribution is 7.88. The number of rotatable bonds is 5. The molecule has 3 amide bonds. The Hall–Kier alpha value is -1.88. The summed E-state index contributed by atoms with van der Waals surface area (Å²) in [4.78, 5) is 37.6. The van der Waals surface area contributed by atoms with E-state index < -0.39 is 40.0 Å². The fourth-order valence-corrected chi connectivity index (χ4v) is 3.23. The first-order valence-corrected chi connectivity index (χ1v) is 9.72. The van der Waals surface area contributed by atoms with Crippen molar-refractivity contribution in [1.29, 1.82) is 0 Å². The molecule has 0 aromatic heterocycles. The Bertz CT molecular complexity index is 621. The second-order valence-electron chi connectivity index (χ2n) is 6.19. The number of piperazine rings is 1. The summed E-state index contributed by atoms with van der Waals surface area (Å²) in [7, 11) is -2.32. The Balaban J connectivity index is 2.99. The molecule has 0 aliphatic carbocycles. The van der Waals surface area contributed by atoms with Crippen LogP contribution in [0.2, 0.25) is 0 Å². The van der Waals surface area contributed by atoms with E-state index in [9.17, 15) is 22.8 Å². The van der Waals surface area contributed by atoms with Crippen LogP contribution in [0, 0.1) is 0 Å². The summed E-state index contributed by atoms with van der Waals surface area (Å²) in [6.45, 7) is 4.98. The molecule has 0 aromatic carbocycles. The van der Waals surface area contributed by atoms with Crippen molar-refractivity contribution in [1.82, 2.24) is 19.8 Å². The molecule has 25 heavy (non-hydrogen) atoms. The summed E-state index contributed by atoms with van der Waals surface area (Å²) in [5.41, 5.74) is 0. The van der Waals surface area contributed by atoms with Gasteiger partial charge in [-0.2, -0.15) is 4.31 Å². The number of urea groups is 1. The highest BCUT2D eigenvalue weighted by Gasteiger charge is 2.39. The minimum absolute atomic E-state index is 0.0658. The largest absolute Gasteiger partial charge is 0.467 e. The zero-order valence-electron chi connectivity index (χ0n) is 15.1. The maximum Gasteiger partial charge on any atom is 0.328 e. The van der Waals surface area contributed by atoms with Crippen molar-refractivity contribution in [3.63, 3.8) is 0 Å². The van der Waals surface area contributed by atoms with Gasteiger partial charge in [0.05, 0.1) is 13.4 Å². The average molecular weight is 378 g/mol. The second-order valence-corrected chi connectivity index (χ2v) is 8.17. The van der Waals surface area contributed by atoms with E-state index in [4.69, 9.17) is 0 Å². The predicted octanol–water partition coefficient (Wildman–Crippen LogP) is -1.27. The minimum Gasteiger partial charge on any atom is -0.467 e. The molecule has 0 saturated carbocycles. The number of nitrogens with one attached hydrogen (secondary N) is 2. The first-order valence-electron chi connectivity index (χ1n) is 7.87. The van der Waals surface area contributed by atoms with E-state index in [-0.39, 0.29) is 25.7 Å². The van der Waals surface area contributed by atoms with Gasteiger partial charge in [-0.05, 0) is 20.8 Å². The topological polar surface area (TPSA) is 125 Å². The fraction of sp³-hybridized carbons (Fsp3) is 0.786. The van der Waals surface area contributed by atoms with Crippen LogP contribution in [-0.4, -0.2) is 86.7 Å². The number of hydrogen-bond acceptors (Lipinski definition) is 6. The standard InChI is InChI=1S/C14H26N4O6S/c1-9(2)15-14(21)18-7-6-17(25(5,22)23)8-11(18)12(19)16-10(3)13(20)24-4/h9-11H,6-8H2,1-5H3,(H,15,21)(H,16,19)/t10-,11+/m1/s1. The molecule has 1 aliphatic rings. The maximum atomic E-state index is 12.5. The zero-order valence-corrected chi connectivity index (χ0v) is 15.9. The highest BCUT2D eigenvalue weighted by atomic mass is 32.2. The van der Waals surface area contributed by atoms with Gasteiger partial charge in [-0.15, -0.1) is 0 Å². The van der Waals surface area contributed by atoms with Gasteiger partial charge in [0.25, 0.3) is 0 Å². The Labute approximate surface area is 147 Å². The number of hydrogen-bond donors (Lipinski definition) is 2. The van der Waals surface area contributed by atoms with Gasteiger partial charge in [0.2, 0.25) is 15.9 Å². The number of amides is 3. The summed E-state index contributed by atoms with van der Waals surface area (Å²) in [5, 5.41) is 5.14. The van der Waals surface area contributed by atoms with Gasteiger partial charge in [-0.25, -0.2) is 18.0 Å². The van der Waals surface area contributed by atoms with Crippen LogP contribution in [-0.2, 0) is 24.3 Å². The number of esters is 1. The SMILES string of the molecule is COC(=O)[C@@H](C)NC(=O)[C@@H]1CN(S(C)(=O)=O)CCN1C(=O)NC(C)C. The Morgan fingerprint density at radius 2 is 1.72 bits per heavy atom. The van der Waals surface area contributed by atoms with Crippen molar-refractivity contribution in [3.05, 3.63) is 0 Å². The van der Waals surface area contributed by atoms with Gasteiger partial charge in [-0.3, -0.25) is 4.79 Å². The Morgan fingerprint density at radius 3 is 2.20 bits per heavy atom. The molecule has 0 aromatic rings. The summed E-state index contributed by atoms with van der Waals surface area (Å²) in [6.07, 6.45) is 1.04. The van der Waals surface area contributed by atoms with Crippen LogP contribution in [0.15, 0.2) is 0 Å². The average Bonchev–Trinajstić information content (AvgIpc) is 2.51. The molecule has 0 spiro atoms. The highest BCUT2D eigenvalue weighted by Crippen LogP contribution is 2.14. The van der Waals surface area contributed by atoms with Crippen LogP contribution in [0.1, 0.15) is 20.8 Å². The number of nitrogens with zero attached hydrogens (tertiary/aromatic N) is 2. The number of ether oxygens (including phenoxy) is 1. The summed E-state index contributed by atoms with van der Waals surface area (Å²) >= 11 is 0. The van der Waals surface area contributed by atoms with E-state index >= 15 is 0 Å². The molecule has 0 bridgehead atoms. The van der Waals surface area contributed by atoms with Crippen molar-refractivity contribution < 1.29 is 27.5 Å². The first kappa shape index (κ1) is 21.2. The van der Waals surface area contributed by atoms with E-state index in [1.54, 1.807) is 13.8 Å². The molecule has 1 saturated heterocycles. The van der Waals surface area contributed by atoms with Gasteiger partial charge in [0.15, 0.2) is 0 Å². The van der Waals surface area contributed by atoms with Crippen molar-refractivity contribution in [2.24, 2.45) is 0 Å². The van der Waals surface area contributed by atoms with Crippen LogP contribution in [0.3, 0.4) is 0 Å². The Kier molecular flexibility index (Phi) is 7.17. The molecule has 0 radical (unpaired) electrons. The molecule has 1 aliphatic heterocycles. The molecule has 144 valence electrons. The molecule has 1 fully saturated rings. The maximum absolute atomic E-state index is 12.5. The molecule has 2 N–H and O–H groups in total. The van der Waals surface area contributed by atoms with Crippen LogP contribution in [0.4, 0.5) is 4.79 Å². The Morgan fingerprint density at radius 1 is 1.12 bits per heavy atom. The summed E-state index contributed by atoms with van der Waals surface area (Å²) in [5.74, 6) is -1.26. The zero-order chi connectivity index (χ0) is 19.4. The lowest BCUT2D eigenvalue weighted by molar-refractivity contribution is -0.145. The predicted molar refractivity (Wildman–Crippen MR) is 90.2 cm³/mol. The van der Waals surface area contributed by atoms with E-state index in [1.807, 2.05) is 0 Å². The molecular formula is C14H26N4O6S. The molecule has 2 atom stereocenters. The van der Waals surface area contributed by atoms with Crippen LogP contribution < -0.4 is 10.6 Å². The smallest absolute Gasteiger partial charge is 0.328 e. The van der Waals surface area contributed by atoms with E-state index in [0.29, 0.717) is 0 Å². The third-order valence-corrected chi connectivity index (χ3v) is 4.97. The monoisotopic (exact) mass is 378 g/mol. The van der Waals surface area contributed by atoms with Crippen molar-refractivity contribution in [2.45, 2.75) is 38.9 Å². The van der Waals surface area contributed by atoms with Crippen molar-refractivity contribution >= 4 is 27.9 Å². The van der Waals surface area contributed by atoms with Gasteiger partial charge < -0.3 is 20.3 Å². The van der Waals surface area contributed by atoms with Gasteiger partial charge in [0, 0.05) is 25.7 Å². The second kappa shape index (κ2) is 8.48. The number of methoxy groups -OCH3 is 1. The van der Waals surface area contributed by atoms with Crippen LogP contribution in [0.25, 0.3) is 0 Å². The van der Waals surface area contributed by atoms with E-state index in [1.165, 1.54) is 18.9 Å². The molecule has 0 unspecified atom stereocenters. The quantitative estimate of drug-likeness (QED) is 0.575. The lowest BCUT2D eigenvalue weighted by Gasteiger charge is -2.39. The van der Waals surface area contributed by atoms with Crippen molar-refractivity contribution in [2.75, 3.05) is 33.0 Å². The van der Waals surface area contributed by atoms with Gasteiger partial charge in [0.1, 0.15) is 12.1 Å². The van der Waals surface area contributed by atoms with E-state index in [2.05, 4.69) is 15.4 Å². The molecule has 1 heterocycles. The van der Waals surface area contributed by atoms with Crippen LogP contribution >= 0.6 is 0 Å². The van der Waals surface area contributed by atoms with Crippen molar-refractivity contribution in [3.8, 4) is 0 Å². The molecule has 1 rings (SSSR count). The third kappa shape index (κ3) is 5.85. The third-order valence-electron chi connectivity index (χ3n) is 3.70. The summed E-state index contributed by atoms with van der Waals surface area (Å²) < 4.78 is 29.3. The minimum atomic E-state index is -3.51. The van der Waals surface area contributed by atoms with Crippen LogP contribution in [0.5, 0.6) is 0 Å². The number of carbonyl (C=O) groups is 3. The van der Waals surface area contributed by atoms with E-state index in [0.717, 1.165) is 10.6 Å². The lowest BCUT2D eigenvalue weighted by atomic mass is 10.1. The first-order chi connectivity index (χ1) is 11.5. The number of sulfonamides is 1.